The zero-order valence-corrected chi connectivity index (χ0v) is 16.3. The van der Waals surface area contributed by atoms with E-state index in [-0.39, 0.29) is 23.4 Å². The van der Waals surface area contributed by atoms with Crippen LogP contribution in [0.5, 0.6) is 0 Å². The number of halogens is 2. The van der Waals surface area contributed by atoms with Crippen LogP contribution in [0.1, 0.15) is 35.0 Å². The van der Waals surface area contributed by atoms with Gasteiger partial charge in [-0.1, -0.05) is 36.5 Å². The summed E-state index contributed by atoms with van der Waals surface area (Å²) in [6.07, 6.45) is 3.39. The van der Waals surface area contributed by atoms with Crippen LogP contribution >= 0.6 is 34.5 Å². The van der Waals surface area contributed by atoms with Gasteiger partial charge in [-0.3, -0.25) is 9.59 Å². The number of carbonyl (C=O) groups is 2. The predicted molar refractivity (Wildman–Crippen MR) is 103 cm³/mol. The van der Waals surface area contributed by atoms with Gasteiger partial charge in [-0.15, -0.1) is 11.3 Å². The fourth-order valence-electron chi connectivity index (χ4n) is 2.18. The summed E-state index contributed by atoms with van der Waals surface area (Å²) in [7, 11) is 0. The topological polar surface area (TPSA) is 62.3 Å². The maximum atomic E-state index is 12.8. The fourth-order valence-corrected chi connectivity index (χ4v) is 3.35. The molecule has 1 aromatic heterocycles. The first-order valence-electron chi connectivity index (χ1n) is 7.87. The minimum Gasteiger partial charge on any atom is -0.329 e. The van der Waals surface area contributed by atoms with Crippen LogP contribution in [0.25, 0.3) is 0 Å². The van der Waals surface area contributed by atoms with Gasteiger partial charge in [0.1, 0.15) is 6.54 Å². The number of hydrogen-bond acceptors (Lipinski definition) is 4. The van der Waals surface area contributed by atoms with Crippen molar-refractivity contribution in [1.29, 1.82) is 0 Å². The lowest BCUT2D eigenvalue weighted by molar-refractivity contribution is -0.116. The fraction of sp³-hybridized carbons (Fsp3) is 0.353. The molecule has 25 heavy (non-hydrogen) atoms. The van der Waals surface area contributed by atoms with Crippen molar-refractivity contribution in [1.82, 2.24) is 9.88 Å². The molecule has 0 aliphatic carbocycles. The van der Waals surface area contributed by atoms with Gasteiger partial charge in [-0.2, -0.15) is 0 Å². The lowest BCUT2D eigenvalue weighted by Crippen LogP contribution is -2.38. The quantitative estimate of drug-likeness (QED) is 0.737. The number of aryl methyl sites for hydroxylation is 1. The van der Waals surface area contributed by atoms with Gasteiger partial charge < -0.3 is 10.2 Å². The molecule has 0 spiro atoms. The van der Waals surface area contributed by atoms with Crippen LogP contribution in [-0.4, -0.2) is 34.8 Å². The Morgan fingerprint density at radius 3 is 2.68 bits per heavy atom. The molecule has 0 unspecified atom stereocenters. The predicted octanol–water partition coefficient (Wildman–Crippen LogP) is 4.64. The SMILES string of the molecule is CCCCN(CC(=O)Nc1ncc(C)s1)C(=O)c1ccc(Cl)cc1Cl. The highest BCUT2D eigenvalue weighted by molar-refractivity contribution is 7.15. The molecule has 5 nitrogen and oxygen atoms in total. The third-order valence-corrected chi connectivity index (χ3v) is 4.81. The van der Waals surface area contributed by atoms with Crippen LogP contribution in [0, 0.1) is 6.92 Å². The van der Waals surface area contributed by atoms with Gasteiger partial charge in [0, 0.05) is 22.6 Å². The van der Waals surface area contributed by atoms with Gasteiger partial charge in [-0.25, -0.2) is 4.98 Å². The number of nitrogens with one attached hydrogen (secondary N) is 1. The second-order valence-electron chi connectivity index (χ2n) is 5.53. The smallest absolute Gasteiger partial charge is 0.255 e. The highest BCUT2D eigenvalue weighted by Crippen LogP contribution is 2.23. The van der Waals surface area contributed by atoms with Crippen molar-refractivity contribution in [2.24, 2.45) is 0 Å². The number of thiazole rings is 1. The summed E-state index contributed by atoms with van der Waals surface area (Å²) in [6.45, 7) is 4.35. The molecule has 0 aliphatic rings. The number of anilines is 1. The Kier molecular flexibility index (Phi) is 7.23. The molecule has 0 bridgehead atoms. The van der Waals surface area contributed by atoms with E-state index in [1.54, 1.807) is 18.3 Å². The Labute approximate surface area is 161 Å². The number of hydrogen-bond donors (Lipinski definition) is 1. The summed E-state index contributed by atoms with van der Waals surface area (Å²) >= 11 is 13.4. The number of amides is 2. The van der Waals surface area contributed by atoms with E-state index in [2.05, 4.69) is 10.3 Å². The standard InChI is InChI=1S/C17H19Cl2N3O2S/c1-3-4-7-22(10-15(23)21-17-20-9-11(2)25-17)16(24)13-6-5-12(18)8-14(13)19/h5-6,8-9H,3-4,7,10H2,1-2H3,(H,20,21,23). The molecule has 1 N–H and O–H groups in total. The molecule has 0 atom stereocenters. The minimum atomic E-state index is -0.291. The molecule has 0 radical (unpaired) electrons. The van der Waals surface area contributed by atoms with Gasteiger partial charge in [0.05, 0.1) is 10.6 Å². The average molecular weight is 400 g/mol. The van der Waals surface area contributed by atoms with E-state index in [0.29, 0.717) is 22.3 Å². The first-order valence-corrected chi connectivity index (χ1v) is 9.44. The van der Waals surface area contributed by atoms with Crippen molar-refractivity contribution in [3.63, 3.8) is 0 Å². The number of rotatable bonds is 7. The highest BCUT2D eigenvalue weighted by Gasteiger charge is 2.21. The molecule has 134 valence electrons. The number of unbranched alkanes of at least 4 members (excludes halogenated alkanes) is 1. The molecule has 0 fully saturated rings. The summed E-state index contributed by atoms with van der Waals surface area (Å²) in [4.78, 5) is 31.7. The lowest BCUT2D eigenvalue weighted by Gasteiger charge is -2.22. The number of aromatic nitrogens is 1. The largest absolute Gasteiger partial charge is 0.329 e. The summed E-state index contributed by atoms with van der Waals surface area (Å²) < 4.78 is 0. The van der Waals surface area contributed by atoms with Crippen molar-refractivity contribution in [2.75, 3.05) is 18.4 Å². The molecule has 8 heteroatoms. The maximum Gasteiger partial charge on any atom is 0.255 e. The molecule has 0 saturated heterocycles. The minimum absolute atomic E-state index is 0.0591. The molecule has 1 heterocycles. The number of nitrogens with zero attached hydrogens (tertiary/aromatic N) is 2. The third kappa shape index (κ3) is 5.70. The van der Waals surface area contributed by atoms with Crippen molar-refractivity contribution in [3.8, 4) is 0 Å². The van der Waals surface area contributed by atoms with E-state index < -0.39 is 0 Å². The van der Waals surface area contributed by atoms with Crippen molar-refractivity contribution < 1.29 is 9.59 Å². The third-order valence-electron chi connectivity index (χ3n) is 3.43. The normalized spacial score (nSPS) is 10.6. The first-order chi connectivity index (χ1) is 11.9. The number of benzene rings is 1. The summed E-state index contributed by atoms with van der Waals surface area (Å²) in [5.41, 5.74) is 0.333. The molecule has 0 aliphatic heterocycles. The zero-order chi connectivity index (χ0) is 18.4. The maximum absolute atomic E-state index is 12.8. The van der Waals surface area contributed by atoms with Crippen LogP contribution in [0.2, 0.25) is 10.0 Å². The lowest BCUT2D eigenvalue weighted by atomic mass is 10.2. The second kappa shape index (κ2) is 9.17. The van der Waals surface area contributed by atoms with Gasteiger partial charge >= 0.3 is 0 Å². The van der Waals surface area contributed by atoms with Gasteiger partial charge in [0.2, 0.25) is 5.91 Å². The molecule has 0 saturated carbocycles. The Balaban J connectivity index is 2.11. The van der Waals surface area contributed by atoms with E-state index in [1.165, 1.54) is 22.3 Å². The monoisotopic (exact) mass is 399 g/mol. The van der Waals surface area contributed by atoms with Gasteiger partial charge in [0.25, 0.3) is 5.91 Å². The summed E-state index contributed by atoms with van der Waals surface area (Å²) in [5.74, 6) is -0.579. The van der Waals surface area contributed by atoms with Crippen LogP contribution < -0.4 is 5.32 Å². The Hall–Kier alpha value is -1.63. The van der Waals surface area contributed by atoms with Crippen molar-refractivity contribution >= 4 is 51.5 Å². The van der Waals surface area contributed by atoms with E-state index >= 15 is 0 Å². The van der Waals surface area contributed by atoms with E-state index in [9.17, 15) is 9.59 Å². The summed E-state index contributed by atoms with van der Waals surface area (Å²) in [6, 6.07) is 4.71. The molecule has 2 aromatic rings. The molecule has 1 aromatic carbocycles. The van der Waals surface area contributed by atoms with E-state index in [4.69, 9.17) is 23.2 Å². The Bertz CT molecular complexity index is 764. The molecular weight excluding hydrogens is 381 g/mol. The summed E-state index contributed by atoms with van der Waals surface area (Å²) in [5, 5.41) is 3.97. The average Bonchev–Trinajstić information content (AvgIpc) is 2.95. The molecular formula is C17H19Cl2N3O2S. The first kappa shape index (κ1) is 19.7. The van der Waals surface area contributed by atoms with E-state index in [1.807, 2.05) is 13.8 Å². The van der Waals surface area contributed by atoms with Crippen LogP contribution in [-0.2, 0) is 4.79 Å². The van der Waals surface area contributed by atoms with Gasteiger partial charge in [0.15, 0.2) is 5.13 Å². The second-order valence-corrected chi connectivity index (χ2v) is 7.61. The van der Waals surface area contributed by atoms with E-state index in [0.717, 1.165) is 17.7 Å². The van der Waals surface area contributed by atoms with Gasteiger partial charge in [-0.05, 0) is 31.5 Å². The highest BCUT2D eigenvalue weighted by atomic mass is 35.5. The Morgan fingerprint density at radius 2 is 2.08 bits per heavy atom. The molecule has 2 rings (SSSR count). The van der Waals surface area contributed by atoms with Crippen LogP contribution in [0.3, 0.4) is 0 Å². The number of carbonyl (C=O) groups excluding carboxylic acids is 2. The Morgan fingerprint density at radius 1 is 1.32 bits per heavy atom. The van der Waals surface area contributed by atoms with Crippen molar-refractivity contribution in [3.05, 3.63) is 44.9 Å². The zero-order valence-electron chi connectivity index (χ0n) is 14.0. The molecule has 2 amide bonds. The van der Waals surface area contributed by atoms with Crippen LogP contribution in [0.4, 0.5) is 5.13 Å². The van der Waals surface area contributed by atoms with Crippen LogP contribution in [0.15, 0.2) is 24.4 Å². The van der Waals surface area contributed by atoms with Crippen molar-refractivity contribution in [2.45, 2.75) is 26.7 Å².